The maximum Gasteiger partial charge on any atom is 4.00 e. The molecule has 0 aromatic heterocycles. The summed E-state index contributed by atoms with van der Waals surface area (Å²) in [6, 6.07) is -0.479. The van der Waals surface area contributed by atoms with E-state index in [1.807, 2.05) is 0 Å². The molecule has 3 aliphatic rings. The molecule has 3 aliphatic carbocycles. The van der Waals surface area contributed by atoms with E-state index in [1.165, 1.54) is 38.5 Å². The first-order valence-electron chi connectivity index (χ1n) is 9.68. The van der Waals surface area contributed by atoms with Gasteiger partial charge < -0.3 is 50.8 Å². The molecule has 3 rings (SSSR count). The average Bonchev–Trinajstić information content (AvgIpc) is 2.57. The second kappa shape index (κ2) is 27.0. The molecule has 186 valence electrons. The van der Waals surface area contributed by atoms with E-state index in [9.17, 15) is 0 Å². The molecule has 0 radical (unpaired) electrons. The minimum absolute atomic E-state index is 0. The van der Waals surface area contributed by atoms with Crippen LogP contribution in [0.2, 0.25) is 0 Å². The molecular weight excluding hydrogens is 933 g/mol. The third-order valence-corrected chi connectivity index (χ3v) is 5.30. The summed E-state index contributed by atoms with van der Waals surface area (Å²) in [5.74, 6) is 0. The van der Waals surface area contributed by atoms with Crippen LogP contribution < -0.4 is 0 Å². The third-order valence-electron chi connectivity index (χ3n) is 5.30. The van der Waals surface area contributed by atoms with Crippen molar-refractivity contribution in [3.05, 3.63) is 34.4 Å². The fourth-order valence-electron chi connectivity index (χ4n) is 3.39. The van der Waals surface area contributed by atoms with Gasteiger partial charge in [0.1, 0.15) is 0 Å². The van der Waals surface area contributed by atoms with Gasteiger partial charge in [-0.15, -0.1) is 0 Å². The molecule has 0 aromatic carbocycles. The first-order chi connectivity index (χ1) is 11.4. The molecule has 0 amide bonds. The van der Waals surface area contributed by atoms with Crippen molar-refractivity contribution in [1.82, 2.24) is 0 Å². The Labute approximate surface area is 226 Å². The largest absolute Gasteiger partial charge is 4.00 e. The van der Waals surface area contributed by atoms with Crippen LogP contribution in [0, 0.1) is 0 Å². The molecule has 3 saturated carbocycles. The minimum atomic E-state index is -0.0799. The molecule has 6 unspecified atom stereocenters. The van der Waals surface area contributed by atoms with Gasteiger partial charge in [-0.2, -0.15) is 36.3 Å². The Kier molecular flexibility index (Phi) is 40.6. The van der Waals surface area contributed by atoms with Gasteiger partial charge in [0.15, 0.2) is 0 Å². The van der Waals surface area contributed by atoms with Gasteiger partial charge in [-0.1, -0.05) is 77.0 Å². The fourth-order valence-corrected chi connectivity index (χ4v) is 3.39. The van der Waals surface area contributed by atoms with Crippen LogP contribution in [0.3, 0.4) is 0 Å². The topological polar surface area (TPSA) is 242 Å². The number of rotatable bonds is 0. The number of hydrogen-bond acceptors (Lipinski definition) is 0. The quantitative estimate of drug-likeness (QED) is 0.306. The Morgan fingerprint density at radius 2 is 0.400 bits per heavy atom. The van der Waals surface area contributed by atoms with Crippen molar-refractivity contribution >= 4 is 0 Å². The van der Waals surface area contributed by atoms with Gasteiger partial charge in [-0.3, -0.25) is 0 Å². The van der Waals surface area contributed by atoms with E-state index >= 15 is 0 Å². The first-order valence-corrected chi connectivity index (χ1v) is 9.68. The predicted octanol–water partition coefficient (Wildman–Crippen LogP) is 4.43. The van der Waals surface area contributed by atoms with E-state index in [4.69, 9.17) is 34.4 Å². The second-order valence-electron chi connectivity index (χ2n) is 7.49. The molecule has 12 heteroatoms. The zero-order valence-corrected chi connectivity index (χ0v) is 24.4. The molecule has 0 spiro atoms. The zero-order chi connectivity index (χ0) is 17.9. The van der Waals surface area contributed by atoms with Crippen LogP contribution in [0.25, 0.3) is 34.4 Å². The molecular formula is C18H45N6O3Pt3+9. The molecule has 0 bridgehead atoms. The van der Waals surface area contributed by atoms with E-state index in [1.54, 1.807) is 0 Å². The van der Waals surface area contributed by atoms with Gasteiger partial charge in [-0.25, -0.2) is 0 Å². The van der Waals surface area contributed by atoms with Crippen LogP contribution in [-0.4, -0.2) is 36.3 Å². The van der Waals surface area contributed by atoms with Crippen LogP contribution in [0.5, 0.6) is 0 Å². The SMILES string of the molecule is [NH-]C1CCCCC1[NH-].[NH-]C1CCCCC1[NH-].[NH-]C1CCCCC1[NH-].[OH3+].[OH3+].[OH3+].[Pt+4].[Pt+4].[Pt+4]. The van der Waals surface area contributed by atoms with Crippen molar-refractivity contribution in [2.45, 2.75) is 113 Å². The molecule has 0 aliphatic heterocycles. The van der Waals surface area contributed by atoms with Crippen molar-refractivity contribution in [2.24, 2.45) is 0 Å². The smallest absolute Gasteiger partial charge is 0.676 e. The van der Waals surface area contributed by atoms with Crippen LogP contribution in [0.1, 0.15) is 77.0 Å². The van der Waals surface area contributed by atoms with Gasteiger partial charge in [0.25, 0.3) is 0 Å². The maximum atomic E-state index is 7.29. The monoisotopic (exact) mass is 978 g/mol. The summed E-state index contributed by atoms with van der Waals surface area (Å²) < 4.78 is 0. The van der Waals surface area contributed by atoms with Gasteiger partial charge >= 0.3 is 63.2 Å². The summed E-state index contributed by atoms with van der Waals surface area (Å²) in [5, 5.41) is 0. The fraction of sp³-hybridized carbons (Fsp3) is 1.00. The van der Waals surface area contributed by atoms with Gasteiger partial charge in [0, 0.05) is 0 Å². The van der Waals surface area contributed by atoms with E-state index in [0.717, 1.165) is 38.5 Å². The van der Waals surface area contributed by atoms with Crippen LogP contribution in [0.15, 0.2) is 0 Å². The van der Waals surface area contributed by atoms with E-state index < -0.39 is 0 Å². The average molecular weight is 979 g/mol. The van der Waals surface area contributed by atoms with Crippen LogP contribution in [-0.2, 0) is 79.6 Å². The van der Waals surface area contributed by atoms with Crippen LogP contribution >= 0.6 is 0 Å². The van der Waals surface area contributed by atoms with Gasteiger partial charge in [0.05, 0.1) is 0 Å². The molecule has 15 N–H and O–H groups in total. The Hall–Kier alpha value is 1.70. The Morgan fingerprint density at radius 3 is 0.467 bits per heavy atom. The Morgan fingerprint density at radius 1 is 0.300 bits per heavy atom. The Balaban J connectivity index is -0.0000000655. The summed E-state index contributed by atoms with van der Waals surface area (Å²) in [5.41, 5.74) is 43.7. The summed E-state index contributed by atoms with van der Waals surface area (Å²) in [6.45, 7) is 0. The molecule has 0 heterocycles. The molecule has 0 saturated heterocycles. The van der Waals surface area contributed by atoms with Crippen LogP contribution in [0.4, 0.5) is 0 Å². The molecule has 9 nitrogen and oxygen atoms in total. The first kappa shape index (κ1) is 45.2. The van der Waals surface area contributed by atoms with E-state index in [-0.39, 0.29) is 116 Å². The summed E-state index contributed by atoms with van der Waals surface area (Å²) in [6.07, 6.45) is 12.7. The predicted molar refractivity (Wildman–Crippen MR) is 119 cm³/mol. The standard InChI is InChI=1S/3C6H12N2.3H2O.3Pt/c3*7-5-3-1-2-4-6(5)8;;;;;;/h3*5-8H,1-4H2;3*1H2;;;/q3*-2;;;;3*+4/p+3. The third kappa shape index (κ3) is 20.3. The van der Waals surface area contributed by atoms with Crippen molar-refractivity contribution in [2.75, 3.05) is 0 Å². The number of nitrogens with one attached hydrogen (secondary N) is 6. The summed E-state index contributed by atoms with van der Waals surface area (Å²) in [4.78, 5) is 0. The Bertz CT molecular complexity index is 264. The minimum Gasteiger partial charge on any atom is -0.676 e. The summed E-state index contributed by atoms with van der Waals surface area (Å²) >= 11 is 0. The maximum absolute atomic E-state index is 7.29. The van der Waals surface area contributed by atoms with Crippen molar-refractivity contribution in [1.29, 1.82) is 0 Å². The molecule has 6 atom stereocenters. The van der Waals surface area contributed by atoms with Crippen molar-refractivity contribution in [3.8, 4) is 0 Å². The summed E-state index contributed by atoms with van der Waals surface area (Å²) in [7, 11) is 0. The normalized spacial score (nSPS) is 31.8. The van der Waals surface area contributed by atoms with Crippen molar-refractivity contribution in [3.63, 3.8) is 0 Å². The molecule has 30 heavy (non-hydrogen) atoms. The van der Waals surface area contributed by atoms with Gasteiger partial charge in [0.2, 0.25) is 0 Å². The molecule has 3 fully saturated rings. The van der Waals surface area contributed by atoms with Gasteiger partial charge in [-0.05, 0) is 0 Å². The number of hydrogen-bond donors (Lipinski definition) is 0. The zero-order valence-electron chi connectivity index (χ0n) is 17.6. The molecule has 0 aromatic rings. The van der Waals surface area contributed by atoms with Crippen molar-refractivity contribution < 1.29 is 79.6 Å². The second-order valence-corrected chi connectivity index (χ2v) is 7.49. The van der Waals surface area contributed by atoms with E-state index in [0.29, 0.717) is 0 Å². The van der Waals surface area contributed by atoms with E-state index in [2.05, 4.69) is 0 Å².